The lowest BCUT2D eigenvalue weighted by Crippen LogP contribution is -2.30. The maximum atomic E-state index is 11.1. The van der Waals surface area contributed by atoms with Gasteiger partial charge in [-0.05, 0) is 18.9 Å². The van der Waals surface area contributed by atoms with Gasteiger partial charge < -0.3 is 15.6 Å². The zero-order valence-electron chi connectivity index (χ0n) is 9.50. The van der Waals surface area contributed by atoms with Crippen LogP contribution in [0.4, 0.5) is 0 Å². The number of aliphatic carboxylic acids is 1. The molecule has 1 aromatic rings. The fraction of sp³-hybridized carbons (Fsp3) is 0.500. The molecule has 1 unspecified atom stereocenters. The summed E-state index contributed by atoms with van der Waals surface area (Å²) in [6, 6.07) is 0.689. The Morgan fingerprint density at radius 3 is 2.94 bits per heavy atom. The number of ether oxygens (including phenoxy) is 1. The van der Waals surface area contributed by atoms with Crippen LogP contribution in [-0.2, 0) is 16.1 Å². The van der Waals surface area contributed by atoms with Crippen LogP contribution in [0.2, 0.25) is 0 Å². The van der Waals surface area contributed by atoms with Crippen LogP contribution in [0.15, 0.2) is 12.3 Å². The second-order valence-corrected chi connectivity index (χ2v) is 3.54. The van der Waals surface area contributed by atoms with E-state index in [4.69, 9.17) is 10.8 Å². The molecule has 0 saturated carbocycles. The van der Waals surface area contributed by atoms with Crippen molar-refractivity contribution in [2.75, 3.05) is 7.11 Å². The van der Waals surface area contributed by atoms with Crippen molar-refractivity contribution in [3.63, 3.8) is 0 Å². The molecule has 0 fully saturated rings. The van der Waals surface area contributed by atoms with E-state index in [1.54, 1.807) is 16.9 Å². The zero-order chi connectivity index (χ0) is 12.8. The lowest BCUT2D eigenvalue weighted by molar-refractivity contribution is -0.138. The first-order valence-electron chi connectivity index (χ1n) is 5.14. The van der Waals surface area contributed by atoms with Crippen molar-refractivity contribution in [3.8, 4) is 0 Å². The first kappa shape index (κ1) is 13.2. The van der Waals surface area contributed by atoms with E-state index in [1.165, 1.54) is 7.11 Å². The molecule has 7 nitrogen and oxygen atoms in total. The standard InChI is InChI=1S/C10H15N3O4/c1-17-10(16)8-4-6-13(12-8)5-2-3-7(11)9(14)15/h4,6-7H,2-3,5,11H2,1H3,(H,14,15). The number of carboxylic acid groups (broad SMARTS) is 1. The van der Waals surface area contributed by atoms with Gasteiger partial charge in [-0.15, -0.1) is 0 Å². The van der Waals surface area contributed by atoms with Gasteiger partial charge in [-0.3, -0.25) is 9.48 Å². The third-order valence-electron chi connectivity index (χ3n) is 2.25. The van der Waals surface area contributed by atoms with Crippen LogP contribution in [0.25, 0.3) is 0 Å². The van der Waals surface area contributed by atoms with Crippen LogP contribution in [0.1, 0.15) is 23.3 Å². The second kappa shape index (κ2) is 6.00. The van der Waals surface area contributed by atoms with Crippen LogP contribution in [0.5, 0.6) is 0 Å². The smallest absolute Gasteiger partial charge is 0.358 e. The summed E-state index contributed by atoms with van der Waals surface area (Å²) in [6.45, 7) is 0.512. The average molecular weight is 241 g/mol. The maximum Gasteiger partial charge on any atom is 0.358 e. The minimum absolute atomic E-state index is 0.232. The number of nitrogens with two attached hydrogens (primary N) is 1. The van der Waals surface area contributed by atoms with Crippen molar-refractivity contribution < 1.29 is 19.4 Å². The van der Waals surface area contributed by atoms with E-state index in [9.17, 15) is 9.59 Å². The van der Waals surface area contributed by atoms with Crippen molar-refractivity contribution in [1.29, 1.82) is 0 Å². The number of hydrogen-bond donors (Lipinski definition) is 2. The maximum absolute atomic E-state index is 11.1. The Kier molecular flexibility index (Phi) is 4.65. The van der Waals surface area contributed by atoms with Gasteiger partial charge in [-0.2, -0.15) is 5.10 Å². The molecule has 0 saturated heterocycles. The number of methoxy groups -OCH3 is 1. The molecule has 0 radical (unpaired) electrons. The lowest BCUT2D eigenvalue weighted by Gasteiger charge is -2.05. The molecule has 3 N–H and O–H groups in total. The quantitative estimate of drug-likeness (QED) is 0.671. The van der Waals surface area contributed by atoms with Crippen LogP contribution in [0, 0.1) is 0 Å². The van der Waals surface area contributed by atoms with Gasteiger partial charge in [0.2, 0.25) is 0 Å². The van der Waals surface area contributed by atoms with Crippen molar-refractivity contribution in [2.24, 2.45) is 5.73 Å². The van der Waals surface area contributed by atoms with Crippen LogP contribution < -0.4 is 5.73 Å². The van der Waals surface area contributed by atoms with Gasteiger partial charge in [0.05, 0.1) is 7.11 Å². The van der Waals surface area contributed by atoms with E-state index < -0.39 is 18.0 Å². The van der Waals surface area contributed by atoms with E-state index in [0.29, 0.717) is 19.4 Å². The highest BCUT2D eigenvalue weighted by atomic mass is 16.5. The minimum atomic E-state index is -1.01. The molecule has 0 bridgehead atoms. The molecule has 0 amide bonds. The van der Waals surface area contributed by atoms with E-state index in [0.717, 1.165) is 0 Å². The Bertz CT molecular complexity index is 402. The molecule has 0 aliphatic rings. The highest BCUT2D eigenvalue weighted by molar-refractivity contribution is 5.86. The predicted molar refractivity (Wildman–Crippen MR) is 58.4 cm³/mol. The molecule has 94 valence electrons. The summed E-state index contributed by atoms with van der Waals surface area (Å²) in [4.78, 5) is 21.6. The summed E-state index contributed by atoms with van der Waals surface area (Å²) in [5.41, 5.74) is 5.58. The number of aromatic nitrogens is 2. The highest BCUT2D eigenvalue weighted by Gasteiger charge is 2.12. The Hall–Kier alpha value is -1.89. The SMILES string of the molecule is COC(=O)c1ccn(CCCC(N)C(=O)O)n1. The highest BCUT2D eigenvalue weighted by Crippen LogP contribution is 2.01. The van der Waals surface area contributed by atoms with Crippen molar-refractivity contribution >= 4 is 11.9 Å². The van der Waals surface area contributed by atoms with Crippen LogP contribution >= 0.6 is 0 Å². The summed E-state index contributed by atoms with van der Waals surface area (Å²) >= 11 is 0. The molecule has 1 atom stereocenters. The Labute approximate surface area is 98.2 Å². The van der Waals surface area contributed by atoms with Crippen molar-refractivity contribution in [2.45, 2.75) is 25.4 Å². The second-order valence-electron chi connectivity index (χ2n) is 3.54. The lowest BCUT2D eigenvalue weighted by atomic mass is 10.2. The summed E-state index contributed by atoms with van der Waals surface area (Å²) in [7, 11) is 1.28. The number of rotatable bonds is 6. The van der Waals surface area contributed by atoms with Crippen LogP contribution in [-0.4, -0.2) is 40.0 Å². The first-order valence-corrected chi connectivity index (χ1v) is 5.14. The van der Waals surface area contributed by atoms with E-state index in [1.807, 2.05) is 0 Å². The van der Waals surface area contributed by atoms with Crippen LogP contribution in [0.3, 0.4) is 0 Å². The monoisotopic (exact) mass is 241 g/mol. The molecule has 0 aromatic carbocycles. The predicted octanol–water partition coefficient (Wildman–Crippen LogP) is -0.138. The first-order chi connectivity index (χ1) is 8.04. The molecule has 1 rings (SSSR count). The third-order valence-corrected chi connectivity index (χ3v) is 2.25. The van der Waals surface area contributed by atoms with Gasteiger partial charge in [0, 0.05) is 12.7 Å². The van der Waals surface area contributed by atoms with Gasteiger partial charge in [0.25, 0.3) is 0 Å². The number of esters is 1. The van der Waals surface area contributed by atoms with Gasteiger partial charge in [-0.1, -0.05) is 0 Å². The van der Waals surface area contributed by atoms with E-state index in [2.05, 4.69) is 9.84 Å². The molecule has 7 heteroatoms. The normalized spacial score (nSPS) is 12.1. The fourth-order valence-corrected chi connectivity index (χ4v) is 1.30. The summed E-state index contributed by atoms with van der Waals surface area (Å²) < 4.78 is 6.07. The Morgan fingerprint density at radius 1 is 1.65 bits per heavy atom. The molecule has 0 aliphatic heterocycles. The van der Waals surface area contributed by atoms with E-state index >= 15 is 0 Å². The molecule has 0 spiro atoms. The number of carbonyl (C=O) groups excluding carboxylic acids is 1. The summed E-state index contributed by atoms with van der Waals surface area (Å²) in [5.74, 6) is -1.51. The topological polar surface area (TPSA) is 107 Å². The largest absolute Gasteiger partial charge is 0.480 e. The van der Waals surface area contributed by atoms with Gasteiger partial charge >= 0.3 is 11.9 Å². The summed E-state index contributed by atoms with van der Waals surface area (Å²) in [5, 5.41) is 12.6. The molecule has 0 aliphatic carbocycles. The fourth-order valence-electron chi connectivity index (χ4n) is 1.30. The molecule has 17 heavy (non-hydrogen) atoms. The number of carbonyl (C=O) groups is 2. The Morgan fingerprint density at radius 2 is 2.35 bits per heavy atom. The molecular weight excluding hydrogens is 226 g/mol. The summed E-state index contributed by atoms with van der Waals surface area (Å²) in [6.07, 6.45) is 2.58. The van der Waals surface area contributed by atoms with Crippen molar-refractivity contribution in [3.05, 3.63) is 18.0 Å². The molecular formula is C10H15N3O4. The minimum Gasteiger partial charge on any atom is -0.480 e. The Balaban J connectivity index is 2.40. The average Bonchev–Trinajstić information content (AvgIpc) is 2.76. The van der Waals surface area contributed by atoms with E-state index in [-0.39, 0.29) is 5.69 Å². The number of nitrogens with zero attached hydrogens (tertiary/aromatic N) is 2. The molecule has 1 heterocycles. The molecule has 1 aromatic heterocycles. The number of carboxylic acids is 1. The van der Waals surface area contributed by atoms with Gasteiger partial charge in [0.15, 0.2) is 5.69 Å². The van der Waals surface area contributed by atoms with Gasteiger partial charge in [0.1, 0.15) is 6.04 Å². The van der Waals surface area contributed by atoms with Crippen molar-refractivity contribution in [1.82, 2.24) is 9.78 Å². The third kappa shape index (κ3) is 3.87. The van der Waals surface area contributed by atoms with Gasteiger partial charge in [-0.25, -0.2) is 4.79 Å². The number of aryl methyl sites for hydroxylation is 1. The zero-order valence-corrected chi connectivity index (χ0v) is 9.50. The number of hydrogen-bond acceptors (Lipinski definition) is 5.